The Hall–Kier alpha value is -1.86. The number of amides is 1. The summed E-state index contributed by atoms with van der Waals surface area (Å²) < 4.78 is 0. The first-order valence-corrected chi connectivity index (χ1v) is 9.32. The van der Waals surface area contributed by atoms with E-state index in [9.17, 15) is 4.79 Å². The van der Waals surface area contributed by atoms with E-state index in [0.717, 1.165) is 43.4 Å². The number of hydrogen-bond donors (Lipinski definition) is 2. The molecule has 1 fully saturated rings. The number of aromatic nitrogens is 3. The van der Waals surface area contributed by atoms with Crippen LogP contribution in [-0.4, -0.2) is 51.4 Å². The van der Waals surface area contributed by atoms with Crippen LogP contribution >= 0.6 is 11.8 Å². The van der Waals surface area contributed by atoms with Crippen molar-refractivity contribution in [2.75, 3.05) is 25.4 Å². The molecule has 0 spiro atoms. The van der Waals surface area contributed by atoms with Gasteiger partial charge in [0.2, 0.25) is 5.91 Å². The highest BCUT2D eigenvalue weighted by molar-refractivity contribution is 7.99. The Morgan fingerprint density at radius 2 is 2.25 bits per heavy atom. The molecule has 0 unspecified atom stereocenters. The van der Waals surface area contributed by atoms with Crippen LogP contribution < -0.4 is 5.32 Å². The van der Waals surface area contributed by atoms with E-state index in [1.165, 1.54) is 11.9 Å². The Kier molecular flexibility index (Phi) is 6.26. The lowest BCUT2D eigenvalue weighted by Crippen LogP contribution is -2.43. The van der Waals surface area contributed by atoms with Crippen molar-refractivity contribution >= 4 is 17.7 Å². The Labute approximate surface area is 146 Å². The summed E-state index contributed by atoms with van der Waals surface area (Å²) in [5, 5.41) is 10.4. The molecule has 2 heterocycles. The first-order valence-electron chi connectivity index (χ1n) is 8.33. The van der Waals surface area contributed by atoms with Gasteiger partial charge < -0.3 is 5.32 Å². The van der Waals surface area contributed by atoms with Gasteiger partial charge in [-0.15, -0.1) is 0 Å². The van der Waals surface area contributed by atoms with Crippen molar-refractivity contribution in [2.24, 2.45) is 5.92 Å². The Bertz CT molecular complexity index is 619. The second-order valence-electron chi connectivity index (χ2n) is 5.99. The number of aromatic amines is 1. The van der Waals surface area contributed by atoms with E-state index in [1.54, 1.807) is 11.8 Å². The SMILES string of the molecule is O=C(NCCSc1ncn[nH]1)[C@H]1CCCN(Cc2ccccc2)C1. The molecule has 24 heavy (non-hydrogen) atoms. The lowest BCUT2D eigenvalue weighted by molar-refractivity contribution is -0.126. The highest BCUT2D eigenvalue weighted by atomic mass is 32.2. The second-order valence-corrected chi connectivity index (χ2v) is 7.07. The monoisotopic (exact) mass is 345 g/mol. The van der Waals surface area contributed by atoms with Crippen molar-refractivity contribution < 1.29 is 4.79 Å². The summed E-state index contributed by atoms with van der Waals surface area (Å²) in [6, 6.07) is 10.5. The van der Waals surface area contributed by atoms with Gasteiger partial charge in [0.05, 0.1) is 5.92 Å². The molecule has 0 radical (unpaired) electrons. The molecule has 128 valence electrons. The van der Waals surface area contributed by atoms with E-state index >= 15 is 0 Å². The predicted molar refractivity (Wildman–Crippen MR) is 94.6 cm³/mol. The number of thioether (sulfide) groups is 1. The molecule has 0 aliphatic carbocycles. The zero-order chi connectivity index (χ0) is 16.6. The second kappa shape index (κ2) is 8.84. The van der Waals surface area contributed by atoms with Crippen LogP contribution in [0, 0.1) is 5.92 Å². The number of nitrogens with zero attached hydrogens (tertiary/aromatic N) is 3. The van der Waals surface area contributed by atoms with E-state index in [2.05, 4.69) is 49.7 Å². The van der Waals surface area contributed by atoms with Crippen LogP contribution in [-0.2, 0) is 11.3 Å². The van der Waals surface area contributed by atoms with Gasteiger partial charge in [0, 0.05) is 25.4 Å². The number of piperidine rings is 1. The van der Waals surface area contributed by atoms with E-state index in [4.69, 9.17) is 0 Å². The smallest absolute Gasteiger partial charge is 0.224 e. The molecule has 1 aromatic heterocycles. The fourth-order valence-corrected chi connectivity index (χ4v) is 3.62. The minimum absolute atomic E-state index is 0.0951. The summed E-state index contributed by atoms with van der Waals surface area (Å²) in [5.74, 6) is 1.06. The summed E-state index contributed by atoms with van der Waals surface area (Å²) in [6.07, 6.45) is 3.55. The number of benzene rings is 1. The van der Waals surface area contributed by atoms with E-state index < -0.39 is 0 Å². The van der Waals surface area contributed by atoms with E-state index in [1.807, 2.05) is 6.07 Å². The summed E-state index contributed by atoms with van der Waals surface area (Å²) in [5.41, 5.74) is 1.31. The summed E-state index contributed by atoms with van der Waals surface area (Å²) in [4.78, 5) is 18.8. The first-order chi connectivity index (χ1) is 11.8. The van der Waals surface area contributed by atoms with Crippen LogP contribution in [0.4, 0.5) is 0 Å². The van der Waals surface area contributed by atoms with Crippen molar-refractivity contribution in [2.45, 2.75) is 24.5 Å². The van der Waals surface area contributed by atoms with Crippen molar-refractivity contribution in [3.05, 3.63) is 42.2 Å². The molecule has 1 saturated heterocycles. The molecule has 1 aliphatic heterocycles. The molecule has 1 amide bonds. The highest BCUT2D eigenvalue weighted by Gasteiger charge is 2.25. The number of carbonyl (C=O) groups is 1. The average Bonchev–Trinajstić information content (AvgIpc) is 3.13. The van der Waals surface area contributed by atoms with Crippen molar-refractivity contribution in [1.82, 2.24) is 25.4 Å². The summed E-state index contributed by atoms with van der Waals surface area (Å²) >= 11 is 1.56. The third-order valence-electron chi connectivity index (χ3n) is 4.16. The normalized spacial score (nSPS) is 18.4. The molecule has 2 N–H and O–H groups in total. The van der Waals surface area contributed by atoms with Gasteiger partial charge in [0.25, 0.3) is 0 Å². The van der Waals surface area contributed by atoms with Crippen LogP contribution in [0.25, 0.3) is 0 Å². The molecular formula is C17H23N5OS. The van der Waals surface area contributed by atoms with Crippen LogP contribution in [0.2, 0.25) is 0 Å². The number of carbonyl (C=O) groups excluding carboxylic acids is 1. The van der Waals surface area contributed by atoms with Crippen LogP contribution in [0.15, 0.2) is 41.8 Å². The molecule has 7 heteroatoms. The quantitative estimate of drug-likeness (QED) is 0.592. The number of rotatable bonds is 7. The van der Waals surface area contributed by atoms with Gasteiger partial charge in [-0.2, -0.15) is 5.10 Å². The fraction of sp³-hybridized carbons (Fsp3) is 0.471. The lowest BCUT2D eigenvalue weighted by Gasteiger charge is -2.32. The van der Waals surface area contributed by atoms with Crippen LogP contribution in [0.1, 0.15) is 18.4 Å². The van der Waals surface area contributed by atoms with Gasteiger partial charge in [-0.1, -0.05) is 42.1 Å². The van der Waals surface area contributed by atoms with Crippen molar-refractivity contribution in [3.63, 3.8) is 0 Å². The van der Waals surface area contributed by atoms with Crippen LogP contribution in [0.3, 0.4) is 0 Å². The van der Waals surface area contributed by atoms with Gasteiger partial charge >= 0.3 is 0 Å². The molecule has 0 bridgehead atoms. The fourth-order valence-electron chi connectivity index (χ4n) is 2.98. The molecule has 0 saturated carbocycles. The highest BCUT2D eigenvalue weighted by Crippen LogP contribution is 2.19. The molecule has 1 aliphatic rings. The number of likely N-dealkylation sites (tertiary alicyclic amines) is 1. The van der Waals surface area contributed by atoms with Crippen molar-refractivity contribution in [3.8, 4) is 0 Å². The van der Waals surface area contributed by atoms with E-state index in [0.29, 0.717) is 6.54 Å². The van der Waals surface area contributed by atoms with Gasteiger partial charge in [-0.05, 0) is 24.9 Å². The molecule has 2 aromatic rings. The maximum Gasteiger partial charge on any atom is 0.224 e. The Balaban J connectivity index is 1.39. The Morgan fingerprint density at radius 3 is 3.04 bits per heavy atom. The third-order valence-corrected chi connectivity index (χ3v) is 5.04. The standard InChI is InChI=1S/C17H23N5OS/c23-16(18-8-10-24-17-19-13-20-21-17)15-7-4-9-22(12-15)11-14-5-2-1-3-6-14/h1-3,5-6,13,15H,4,7-12H2,(H,18,23)(H,19,20,21)/t15-/m0/s1. The van der Waals surface area contributed by atoms with Gasteiger partial charge in [0.15, 0.2) is 5.16 Å². The van der Waals surface area contributed by atoms with Gasteiger partial charge in [-0.3, -0.25) is 14.8 Å². The van der Waals surface area contributed by atoms with Crippen LogP contribution in [0.5, 0.6) is 0 Å². The minimum atomic E-state index is 0.0951. The molecule has 6 nitrogen and oxygen atoms in total. The molecule has 3 rings (SSSR count). The number of nitrogens with one attached hydrogen (secondary N) is 2. The number of hydrogen-bond acceptors (Lipinski definition) is 5. The Morgan fingerprint density at radius 1 is 1.38 bits per heavy atom. The average molecular weight is 345 g/mol. The summed E-state index contributed by atoms with van der Waals surface area (Å²) in [6.45, 7) is 3.49. The van der Waals surface area contributed by atoms with Gasteiger partial charge in [0.1, 0.15) is 6.33 Å². The predicted octanol–water partition coefficient (Wildman–Crippen LogP) is 1.93. The maximum absolute atomic E-state index is 12.4. The minimum Gasteiger partial charge on any atom is -0.355 e. The molecular weight excluding hydrogens is 322 g/mol. The number of H-pyrrole nitrogens is 1. The third kappa shape index (κ3) is 5.07. The molecule has 1 atom stereocenters. The lowest BCUT2D eigenvalue weighted by atomic mass is 9.96. The molecule has 1 aromatic carbocycles. The zero-order valence-electron chi connectivity index (χ0n) is 13.6. The largest absolute Gasteiger partial charge is 0.355 e. The topological polar surface area (TPSA) is 73.9 Å². The maximum atomic E-state index is 12.4. The summed E-state index contributed by atoms with van der Waals surface area (Å²) in [7, 11) is 0. The van der Waals surface area contributed by atoms with E-state index in [-0.39, 0.29) is 11.8 Å². The first kappa shape index (κ1) is 17.0. The van der Waals surface area contributed by atoms with Crippen molar-refractivity contribution in [1.29, 1.82) is 0 Å². The van der Waals surface area contributed by atoms with Gasteiger partial charge in [-0.25, -0.2) is 4.98 Å². The zero-order valence-corrected chi connectivity index (χ0v) is 14.5.